The van der Waals surface area contributed by atoms with Gasteiger partial charge in [-0.15, -0.1) is 0 Å². The van der Waals surface area contributed by atoms with E-state index >= 15 is 0 Å². The Balaban J connectivity index is 1.41. The molecule has 2 aliphatic rings. The summed E-state index contributed by atoms with van der Waals surface area (Å²) >= 11 is 0. The topological polar surface area (TPSA) is 117 Å². The highest BCUT2D eigenvalue weighted by Gasteiger charge is 2.32. The van der Waals surface area contributed by atoms with Crippen LogP contribution in [0.3, 0.4) is 0 Å². The van der Waals surface area contributed by atoms with Crippen LogP contribution in [-0.2, 0) is 14.8 Å². The average molecular weight is 475 g/mol. The fraction of sp³-hybridized carbons (Fsp3) is 0.364. The van der Waals surface area contributed by atoms with E-state index < -0.39 is 16.1 Å². The summed E-state index contributed by atoms with van der Waals surface area (Å²) in [5.41, 5.74) is 0.886. The Hall–Kier alpha value is -3.31. The molecule has 11 heteroatoms. The number of ether oxygens (including phenoxy) is 2. The number of para-hydroxylation sites is 2. The molecular weight excluding hydrogens is 448 g/mol. The Morgan fingerprint density at radius 2 is 1.91 bits per heavy atom. The van der Waals surface area contributed by atoms with Crippen LogP contribution in [0.1, 0.15) is 13.8 Å². The number of rotatable bonds is 5. The molecular formula is C22H26N4O6S. The summed E-state index contributed by atoms with van der Waals surface area (Å²) in [4.78, 5) is 26.2. The van der Waals surface area contributed by atoms with Crippen LogP contribution in [0, 0.1) is 0 Å². The van der Waals surface area contributed by atoms with Gasteiger partial charge in [0.05, 0.1) is 22.9 Å². The van der Waals surface area contributed by atoms with Crippen molar-refractivity contribution in [2.45, 2.75) is 24.8 Å². The van der Waals surface area contributed by atoms with Gasteiger partial charge >= 0.3 is 6.03 Å². The van der Waals surface area contributed by atoms with E-state index in [4.69, 9.17) is 9.47 Å². The second kappa shape index (κ2) is 9.28. The molecule has 0 aliphatic carbocycles. The minimum atomic E-state index is -3.80. The highest BCUT2D eigenvalue weighted by Crippen LogP contribution is 2.33. The molecule has 176 valence electrons. The molecule has 2 N–H and O–H groups in total. The number of nitrogens with zero attached hydrogens (tertiary/aromatic N) is 2. The van der Waals surface area contributed by atoms with Crippen LogP contribution >= 0.6 is 0 Å². The molecule has 2 heterocycles. The molecule has 4 rings (SSSR count). The number of urea groups is 1. The monoisotopic (exact) mass is 474 g/mol. The Labute approximate surface area is 192 Å². The Bertz CT molecular complexity index is 1160. The van der Waals surface area contributed by atoms with E-state index in [1.807, 2.05) is 13.0 Å². The number of anilines is 2. The highest BCUT2D eigenvalue weighted by atomic mass is 32.2. The molecule has 33 heavy (non-hydrogen) atoms. The van der Waals surface area contributed by atoms with Gasteiger partial charge in [0.25, 0.3) is 5.91 Å². The van der Waals surface area contributed by atoms with E-state index in [0.29, 0.717) is 29.5 Å². The largest absolute Gasteiger partial charge is 0.492 e. The van der Waals surface area contributed by atoms with Crippen molar-refractivity contribution in [1.29, 1.82) is 0 Å². The maximum absolute atomic E-state index is 13.1. The lowest BCUT2D eigenvalue weighted by Crippen LogP contribution is -2.51. The van der Waals surface area contributed by atoms with Crippen molar-refractivity contribution >= 4 is 33.3 Å². The lowest BCUT2D eigenvalue weighted by molar-refractivity contribution is -0.122. The summed E-state index contributed by atoms with van der Waals surface area (Å²) in [5.74, 6) is 0.671. The predicted molar refractivity (Wildman–Crippen MR) is 122 cm³/mol. The molecule has 0 saturated carbocycles. The predicted octanol–water partition coefficient (Wildman–Crippen LogP) is 2.34. The van der Waals surface area contributed by atoms with Crippen LogP contribution in [0.4, 0.5) is 16.2 Å². The van der Waals surface area contributed by atoms with Gasteiger partial charge in [0, 0.05) is 26.2 Å². The zero-order chi connectivity index (χ0) is 23.6. The smallest absolute Gasteiger partial charge is 0.322 e. The average Bonchev–Trinajstić information content (AvgIpc) is 2.81. The van der Waals surface area contributed by atoms with E-state index in [1.165, 1.54) is 22.5 Å². The first kappa shape index (κ1) is 22.9. The molecule has 1 fully saturated rings. The molecule has 2 aromatic rings. The number of sulfonamides is 1. The summed E-state index contributed by atoms with van der Waals surface area (Å²) in [6.07, 6.45) is -0.639. The molecule has 0 bridgehead atoms. The van der Waals surface area contributed by atoms with Crippen molar-refractivity contribution in [2.24, 2.45) is 0 Å². The van der Waals surface area contributed by atoms with Gasteiger partial charge in [-0.25, -0.2) is 13.2 Å². The third kappa shape index (κ3) is 4.74. The lowest BCUT2D eigenvalue weighted by atomic mass is 10.2. The van der Waals surface area contributed by atoms with Gasteiger partial charge in [-0.1, -0.05) is 12.1 Å². The number of benzene rings is 2. The van der Waals surface area contributed by atoms with Crippen molar-refractivity contribution in [2.75, 3.05) is 43.4 Å². The zero-order valence-corrected chi connectivity index (χ0v) is 19.2. The van der Waals surface area contributed by atoms with E-state index in [-0.39, 0.29) is 43.0 Å². The fourth-order valence-corrected chi connectivity index (χ4v) is 5.12. The number of fused-ring (bicyclic) bond motifs is 1. The quantitative estimate of drug-likeness (QED) is 0.687. The maximum Gasteiger partial charge on any atom is 0.322 e. The summed E-state index contributed by atoms with van der Waals surface area (Å²) < 4.78 is 38.6. The van der Waals surface area contributed by atoms with E-state index in [9.17, 15) is 18.0 Å². The van der Waals surface area contributed by atoms with Crippen molar-refractivity contribution in [3.8, 4) is 11.5 Å². The maximum atomic E-state index is 13.1. The highest BCUT2D eigenvalue weighted by molar-refractivity contribution is 7.89. The molecule has 3 amide bonds. The molecule has 1 atom stereocenters. The van der Waals surface area contributed by atoms with Gasteiger partial charge in [-0.3, -0.25) is 4.79 Å². The summed E-state index contributed by atoms with van der Waals surface area (Å²) in [5, 5.41) is 5.50. The minimum absolute atomic E-state index is 0.0586. The number of carbonyl (C=O) groups is 2. The third-order valence-electron chi connectivity index (χ3n) is 5.47. The summed E-state index contributed by atoms with van der Waals surface area (Å²) in [6.45, 7) is 4.74. The Kier molecular flexibility index (Phi) is 6.43. The van der Waals surface area contributed by atoms with Crippen LogP contribution in [0.15, 0.2) is 47.4 Å². The molecule has 2 aliphatic heterocycles. The van der Waals surface area contributed by atoms with Crippen molar-refractivity contribution in [1.82, 2.24) is 9.21 Å². The first-order valence-corrected chi connectivity index (χ1v) is 12.1. The van der Waals surface area contributed by atoms with Crippen molar-refractivity contribution < 1.29 is 27.5 Å². The Morgan fingerprint density at radius 1 is 1.18 bits per heavy atom. The third-order valence-corrected chi connectivity index (χ3v) is 7.37. The summed E-state index contributed by atoms with van der Waals surface area (Å²) in [7, 11) is -3.80. The van der Waals surface area contributed by atoms with Crippen LogP contribution in [0.25, 0.3) is 0 Å². The van der Waals surface area contributed by atoms with E-state index in [1.54, 1.807) is 30.0 Å². The fourth-order valence-electron chi connectivity index (χ4n) is 3.67. The molecule has 2 aromatic carbocycles. The van der Waals surface area contributed by atoms with E-state index in [0.717, 1.165) is 0 Å². The molecule has 10 nitrogen and oxygen atoms in total. The van der Waals surface area contributed by atoms with Gasteiger partial charge in [0.2, 0.25) is 10.0 Å². The standard InChI is InChI=1S/C22H26N4O6S/c1-3-31-19-7-5-4-6-17(19)24-22(28)25-10-12-26(13-11-25)33(29,30)16-8-9-20-18(14-16)23-21(27)15(2)32-20/h4-9,14-15H,3,10-13H2,1-2H3,(H,23,27)(H,24,28)/t15-/m1/s1. The second-order valence-electron chi connectivity index (χ2n) is 7.66. The van der Waals surface area contributed by atoms with Crippen molar-refractivity contribution in [3.63, 3.8) is 0 Å². The van der Waals surface area contributed by atoms with Crippen LogP contribution < -0.4 is 20.1 Å². The number of hydrogen-bond donors (Lipinski definition) is 2. The van der Waals surface area contributed by atoms with Gasteiger partial charge in [0.15, 0.2) is 6.10 Å². The van der Waals surface area contributed by atoms with Gasteiger partial charge < -0.3 is 25.0 Å². The molecule has 0 aromatic heterocycles. The van der Waals surface area contributed by atoms with Crippen LogP contribution in [0.2, 0.25) is 0 Å². The minimum Gasteiger partial charge on any atom is -0.492 e. The van der Waals surface area contributed by atoms with Crippen LogP contribution in [0.5, 0.6) is 11.5 Å². The second-order valence-corrected chi connectivity index (χ2v) is 9.60. The first-order chi connectivity index (χ1) is 15.8. The molecule has 0 radical (unpaired) electrons. The Morgan fingerprint density at radius 3 is 2.64 bits per heavy atom. The van der Waals surface area contributed by atoms with Crippen molar-refractivity contribution in [3.05, 3.63) is 42.5 Å². The van der Waals surface area contributed by atoms with Gasteiger partial charge in [-0.05, 0) is 44.2 Å². The molecule has 0 spiro atoms. The van der Waals surface area contributed by atoms with Crippen LogP contribution in [-0.4, -0.2) is 68.5 Å². The SMILES string of the molecule is CCOc1ccccc1NC(=O)N1CCN(S(=O)(=O)c2ccc3c(c2)NC(=O)[C@@H](C)O3)CC1. The first-order valence-electron chi connectivity index (χ1n) is 10.7. The van der Waals surface area contributed by atoms with Gasteiger partial charge in [0.1, 0.15) is 11.5 Å². The number of carbonyl (C=O) groups excluding carboxylic acids is 2. The zero-order valence-electron chi connectivity index (χ0n) is 18.4. The normalized spacial score (nSPS) is 18.7. The molecule has 1 saturated heterocycles. The summed E-state index contributed by atoms with van der Waals surface area (Å²) in [6, 6.07) is 11.2. The lowest BCUT2D eigenvalue weighted by Gasteiger charge is -2.34. The van der Waals surface area contributed by atoms with E-state index in [2.05, 4.69) is 10.6 Å². The number of amides is 3. The molecule has 0 unspecified atom stereocenters. The number of piperazine rings is 1. The number of hydrogen-bond acceptors (Lipinski definition) is 6. The van der Waals surface area contributed by atoms with Gasteiger partial charge in [-0.2, -0.15) is 4.31 Å². The number of nitrogens with one attached hydrogen (secondary N) is 2.